The number of nitrogens with zero attached hydrogens (tertiary/aromatic N) is 1. The Bertz CT molecular complexity index is 1090. The van der Waals surface area contributed by atoms with Crippen molar-refractivity contribution < 1.29 is 9.69 Å². The number of pyridine rings is 1. The number of amides is 2. The summed E-state index contributed by atoms with van der Waals surface area (Å²) in [6, 6.07) is 17.6. The van der Waals surface area contributed by atoms with Gasteiger partial charge in [-0.05, 0) is 36.1 Å². The van der Waals surface area contributed by atoms with E-state index in [1.165, 1.54) is 17.7 Å². The molecule has 162 valence electrons. The van der Waals surface area contributed by atoms with Crippen LogP contribution in [-0.2, 0) is 13.1 Å². The molecule has 6 nitrogen and oxygen atoms in total. The monoisotopic (exact) mass is 419 g/mol. The number of quaternary nitrogens is 1. The van der Waals surface area contributed by atoms with Crippen molar-refractivity contribution in [3.8, 4) is 0 Å². The number of aryl methyl sites for hydroxylation is 1. The van der Waals surface area contributed by atoms with Gasteiger partial charge in [0, 0.05) is 30.5 Å². The lowest BCUT2D eigenvalue weighted by Crippen LogP contribution is -3.10. The molecule has 3 N–H and O–H groups in total. The number of carbonyl (C=O) groups is 1. The molecule has 0 atom stereocenters. The topological polar surface area (TPSA) is 69.6 Å². The van der Waals surface area contributed by atoms with Crippen LogP contribution in [0.15, 0.2) is 59.4 Å². The second-order valence-electron chi connectivity index (χ2n) is 8.49. The number of aromatic nitrogens is 1. The van der Waals surface area contributed by atoms with Gasteiger partial charge in [-0.15, -0.1) is 0 Å². The van der Waals surface area contributed by atoms with E-state index in [1.807, 2.05) is 55.5 Å². The fourth-order valence-electron chi connectivity index (χ4n) is 4.25. The number of aromatic amines is 1. The van der Waals surface area contributed by atoms with Crippen molar-refractivity contribution in [3.05, 3.63) is 81.6 Å². The summed E-state index contributed by atoms with van der Waals surface area (Å²) in [7, 11) is 0. The molecular weight excluding hydrogens is 388 g/mol. The summed E-state index contributed by atoms with van der Waals surface area (Å²) in [5, 5.41) is 4.02. The number of carbonyl (C=O) groups excluding carboxylic acids is 1. The third-order valence-electron chi connectivity index (χ3n) is 6.06. The normalized spacial score (nSPS) is 14.1. The first-order chi connectivity index (χ1) is 15.1. The van der Waals surface area contributed by atoms with Crippen LogP contribution in [0.3, 0.4) is 0 Å². The first kappa shape index (κ1) is 21.1. The molecule has 4 rings (SSSR count). The van der Waals surface area contributed by atoms with E-state index in [9.17, 15) is 9.59 Å². The summed E-state index contributed by atoms with van der Waals surface area (Å²) in [4.78, 5) is 32.0. The molecule has 0 saturated carbocycles. The lowest BCUT2D eigenvalue weighted by Gasteiger charge is -2.24. The molecule has 0 radical (unpaired) electrons. The average molecular weight is 420 g/mol. The van der Waals surface area contributed by atoms with Crippen LogP contribution in [0, 0.1) is 6.92 Å². The van der Waals surface area contributed by atoms with Gasteiger partial charge in [-0.1, -0.05) is 42.0 Å². The van der Waals surface area contributed by atoms with Gasteiger partial charge < -0.3 is 20.1 Å². The molecule has 2 aromatic carbocycles. The van der Waals surface area contributed by atoms with Gasteiger partial charge in [0.2, 0.25) is 0 Å². The molecule has 0 spiro atoms. The summed E-state index contributed by atoms with van der Waals surface area (Å²) >= 11 is 0. The molecule has 1 fully saturated rings. The van der Waals surface area contributed by atoms with E-state index in [0.29, 0.717) is 25.2 Å². The van der Waals surface area contributed by atoms with E-state index < -0.39 is 0 Å². The number of H-pyrrole nitrogens is 1. The van der Waals surface area contributed by atoms with Gasteiger partial charge in [0.25, 0.3) is 5.56 Å². The Morgan fingerprint density at radius 3 is 2.65 bits per heavy atom. The standard InChI is InChI=1S/C25H30N4O2/c1-19-9-10-23-21(15-19)16-22(24(30)27-23)18-29(14-13-28-11-5-6-12-28)25(31)26-17-20-7-3-2-4-8-20/h2-4,7-10,15-16H,5-6,11-14,17-18H2,1H3,(H,26,31)(H,27,30)/p+1. The molecule has 1 aromatic heterocycles. The lowest BCUT2D eigenvalue weighted by molar-refractivity contribution is -0.886. The number of fused-ring (bicyclic) bond motifs is 1. The second kappa shape index (κ2) is 9.79. The Morgan fingerprint density at radius 1 is 1.10 bits per heavy atom. The molecule has 0 aliphatic carbocycles. The highest BCUT2D eigenvalue weighted by atomic mass is 16.2. The fraction of sp³-hybridized carbons (Fsp3) is 0.360. The maximum atomic E-state index is 13.0. The molecule has 6 heteroatoms. The maximum absolute atomic E-state index is 13.0. The minimum Gasteiger partial charge on any atom is -0.334 e. The first-order valence-electron chi connectivity index (χ1n) is 11.1. The summed E-state index contributed by atoms with van der Waals surface area (Å²) in [6.45, 7) is 6.66. The van der Waals surface area contributed by atoms with E-state index >= 15 is 0 Å². The highest BCUT2D eigenvalue weighted by Crippen LogP contribution is 2.14. The van der Waals surface area contributed by atoms with Crippen LogP contribution in [0.25, 0.3) is 10.9 Å². The van der Waals surface area contributed by atoms with E-state index in [4.69, 9.17) is 0 Å². The molecule has 31 heavy (non-hydrogen) atoms. The Labute approximate surface area is 182 Å². The van der Waals surface area contributed by atoms with E-state index in [-0.39, 0.29) is 11.6 Å². The molecule has 1 aliphatic rings. The highest BCUT2D eigenvalue weighted by Gasteiger charge is 2.21. The number of hydrogen-bond acceptors (Lipinski definition) is 2. The zero-order valence-corrected chi connectivity index (χ0v) is 18.1. The summed E-state index contributed by atoms with van der Waals surface area (Å²) in [6.07, 6.45) is 2.50. The van der Waals surface area contributed by atoms with E-state index in [2.05, 4.69) is 16.4 Å². The van der Waals surface area contributed by atoms with Crippen LogP contribution in [0.5, 0.6) is 0 Å². The molecule has 3 aromatic rings. The van der Waals surface area contributed by atoms with Crippen LogP contribution < -0.4 is 15.8 Å². The Balaban J connectivity index is 1.51. The quantitative estimate of drug-likeness (QED) is 0.550. The zero-order valence-electron chi connectivity index (χ0n) is 18.1. The number of hydrogen-bond donors (Lipinski definition) is 3. The maximum Gasteiger partial charge on any atom is 0.318 e. The first-order valence-corrected chi connectivity index (χ1v) is 11.1. The molecule has 1 aliphatic heterocycles. The van der Waals surface area contributed by atoms with Crippen LogP contribution in [-0.4, -0.2) is 42.1 Å². The van der Waals surface area contributed by atoms with Crippen molar-refractivity contribution in [3.63, 3.8) is 0 Å². The molecule has 0 unspecified atom stereocenters. The summed E-state index contributed by atoms with van der Waals surface area (Å²) < 4.78 is 0. The van der Waals surface area contributed by atoms with Crippen LogP contribution in [0.2, 0.25) is 0 Å². The van der Waals surface area contributed by atoms with Gasteiger partial charge >= 0.3 is 6.03 Å². The fourth-order valence-corrected chi connectivity index (χ4v) is 4.25. The summed E-state index contributed by atoms with van der Waals surface area (Å²) in [5.74, 6) is 0. The molecule has 1 saturated heterocycles. The van der Waals surface area contributed by atoms with Gasteiger partial charge in [0.1, 0.15) is 0 Å². The molecule has 2 amide bonds. The van der Waals surface area contributed by atoms with Gasteiger partial charge in [-0.3, -0.25) is 4.79 Å². The number of nitrogens with one attached hydrogen (secondary N) is 3. The average Bonchev–Trinajstić information content (AvgIpc) is 3.30. The predicted octanol–water partition coefficient (Wildman–Crippen LogP) is 2.23. The zero-order chi connectivity index (χ0) is 21.6. The van der Waals surface area contributed by atoms with Crippen molar-refractivity contribution in [1.29, 1.82) is 0 Å². The lowest BCUT2D eigenvalue weighted by atomic mass is 10.1. The number of rotatable bonds is 7. The second-order valence-corrected chi connectivity index (χ2v) is 8.49. The SMILES string of the molecule is Cc1ccc2[nH]c(=O)c(CN(CC[NH+]3CCCC3)C(=O)NCc3ccccc3)cc2c1. The van der Waals surface area contributed by atoms with Gasteiger partial charge in [-0.2, -0.15) is 0 Å². The van der Waals surface area contributed by atoms with Crippen molar-refractivity contribution in [2.75, 3.05) is 26.2 Å². The van der Waals surface area contributed by atoms with Gasteiger partial charge in [-0.25, -0.2) is 4.79 Å². The number of likely N-dealkylation sites (tertiary alicyclic amines) is 1. The van der Waals surface area contributed by atoms with Crippen LogP contribution in [0.4, 0.5) is 4.79 Å². The number of urea groups is 1. The Kier molecular flexibility index (Phi) is 6.67. The van der Waals surface area contributed by atoms with Crippen LogP contribution in [0.1, 0.15) is 29.5 Å². The van der Waals surface area contributed by atoms with Crippen LogP contribution >= 0.6 is 0 Å². The third-order valence-corrected chi connectivity index (χ3v) is 6.06. The molecule has 2 heterocycles. The highest BCUT2D eigenvalue weighted by molar-refractivity contribution is 5.80. The molecular formula is C25H31N4O2+. The van der Waals surface area contributed by atoms with E-state index in [1.54, 1.807) is 4.90 Å². The predicted molar refractivity (Wildman–Crippen MR) is 123 cm³/mol. The minimum atomic E-state index is -0.134. The smallest absolute Gasteiger partial charge is 0.318 e. The Hall–Kier alpha value is -3.12. The largest absolute Gasteiger partial charge is 0.334 e. The van der Waals surface area contributed by atoms with Gasteiger partial charge in [0.05, 0.1) is 32.7 Å². The van der Waals surface area contributed by atoms with Crippen molar-refractivity contribution in [2.24, 2.45) is 0 Å². The van der Waals surface area contributed by atoms with Gasteiger partial charge in [0.15, 0.2) is 0 Å². The molecule has 0 bridgehead atoms. The van der Waals surface area contributed by atoms with E-state index in [0.717, 1.165) is 41.7 Å². The number of benzene rings is 2. The summed E-state index contributed by atoms with van der Waals surface area (Å²) in [5.41, 5.74) is 3.50. The van der Waals surface area contributed by atoms with Crippen molar-refractivity contribution in [1.82, 2.24) is 15.2 Å². The minimum absolute atomic E-state index is 0.133. The Morgan fingerprint density at radius 2 is 1.87 bits per heavy atom. The third kappa shape index (κ3) is 5.52. The van der Waals surface area contributed by atoms with Crippen molar-refractivity contribution in [2.45, 2.75) is 32.9 Å². The van der Waals surface area contributed by atoms with Crippen molar-refractivity contribution >= 4 is 16.9 Å².